The molecule has 3 heterocycles. The first kappa shape index (κ1) is 37.2. The second-order valence-corrected chi connectivity index (χ2v) is 13.2. The third-order valence-electron chi connectivity index (χ3n) is 7.51. The molecular formula is C33H36ClN8O7S+. The predicted octanol–water partition coefficient (Wildman–Crippen LogP) is 1.68. The van der Waals surface area contributed by atoms with Crippen molar-refractivity contribution in [3.05, 3.63) is 95.4 Å². The number of nitrogens with two attached hydrogens (primary N) is 1. The number of quaternary nitrogens is 1. The van der Waals surface area contributed by atoms with Gasteiger partial charge in [-0.25, -0.2) is 0 Å². The minimum absolute atomic E-state index is 0.0133. The molecule has 0 spiro atoms. The Bertz CT molecular complexity index is 1960. The number of ketones is 1. The Morgan fingerprint density at radius 2 is 1.54 bits per heavy atom. The molecule has 0 radical (unpaired) electrons. The van der Waals surface area contributed by atoms with Gasteiger partial charge in [-0.2, -0.15) is 10.0 Å². The summed E-state index contributed by atoms with van der Waals surface area (Å²) in [6, 6.07) is 9.75. The summed E-state index contributed by atoms with van der Waals surface area (Å²) in [6.07, 6.45) is 9.14. The van der Waals surface area contributed by atoms with E-state index in [0.717, 1.165) is 0 Å². The molecular weight excluding hydrogens is 688 g/mol. The van der Waals surface area contributed by atoms with Gasteiger partial charge in [0.05, 0.1) is 27.7 Å². The van der Waals surface area contributed by atoms with E-state index in [4.69, 9.17) is 17.3 Å². The number of carbonyl (C=O) groups is 6. The number of rotatable bonds is 16. The van der Waals surface area contributed by atoms with Crippen LogP contribution >= 0.6 is 11.6 Å². The van der Waals surface area contributed by atoms with Crippen LogP contribution < -0.4 is 27.1 Å². The number of alkyl halides is 1. The van der Waals surface area contributed by atoms with E-state index in [1.165, 1.54) is 52.9 Å². The molecule has 5 amide bonds. The molecule has 0 fully saturated rings. The summed E-state index contributed by atoms with van der Waals surface area (Å²) in [6.45, 7) is 0.0701. The number of benzene rings is 1. The minimum atomic E-state index is -1.22. The lowest BCUT2D eigenvalue weighted by Crippen LogP contribution is -2.50. The second kappa shape index (κ2) is 16.2. The molecule has 1 aromatic carbocycles. The largest absolute Gasteiger partial charge is 0.370 e. The topological polar surface area (TPSA) is 203 Å². The summed E-state index contributed by atoms with van der Waals surface area (Å²) in [5.74, 6) is -1.99. The minimum Gasteiger partial charge on any atom is -0.370 e. The molecule has 50 heavy (non-hydrogen) atoms. The zero-order valence-corrected chi connectivity index (χ0v) is 29.0. The number of anilines is 2. The SMILES string of the molecule is Cn1cc(NC(=O)c2cc(NC(=O)C3=CC(C(=O)C=Cc4ccc(S(=O)CCCl)cc4)=C[N+]3(C)NC=O)cn2C)cc1C(=O)NCCC(N)=O. The van der Waals surface area contributed by atoms with Crippen molar-refractivity contribution in [3.63, 3.8) is 0 Å². The number of likely N-dealkylation sites (N-methyl/N-ethyl adjacent to an activating group) is 1. The average molecular weight is 724 g/mol. The van der Waals surface area contributed by atoms with Crippen molar-refractivity contribution >= 4 is 75.7 Å². The lowest BCUT2D eigenvalue weighted by Gasteiger charge is -2.25. The molecule has 4 rings (SSSR count). The molecule has 17 heteroatoms. The fourth-order valence-corrected chi connectivity index (χ4v) is 6.21. The average Bonchev–Trinajstić information content (AvgIpc) is 3.73. The summed E-state index contributed by atoms with van der Waals surface area (Å²) in [5, 5.41) is 8.00. The maximum absolute atomic E-state index is 13.5. The molecule has 0 saturated heterocycles. The number of carbonyl (C=O) groups excluding carboxylic acids is 6. The van der Waals surface area contributed by atoms with E-state index in [1.807, 2.05) is 0 Å². The fourth-order valence-electron chi connectivity index (χ4n) is 4.98. The highest BCUT2D eigenvalue weighted by Gasteiger charge is 2.39. The van der Waals surface area contributed by atoms with E-state index in [0.29, 0.717) is 28.3 Å². The quantitative estimate of drug-likeness (QED) is 0.0640. The molecule has 1 aliphatic rings. The molecule has 262 valence electrons. The fraction of sp³-hybridized carbons (Fsp3) is 0.212. The van der Waals surface area contributed by atoms with Crippen LogP contribution in [0.25, 0.3) is 6.08 Å². The van der Waals surface area contributed by atoms with Crippen LogP contribution in [-0.2, 0) is 44.1 Å². The first-order valence-corrected chi connectivity index (χ1v) is 16.9. The number of nitrogens with one attached hydrogen (secondary N) is 4. The molecule has 1 aliphatic heterocycles. The van der Waals surface area contributed by atoms with E-state index in [9.17, 15) is 33.0 Å². The van der Waals surface area contributed by atoms with Crippen LogP contribution in [0.3, 0.4) is 0 Å². The second-order valence-electron chi connectivity index (χ2n) is 11.3. The van der Waals surface area contributed by atoms with Gasteiger partial charge in [0.1, 0.15) is 24.6 Å². The van der Waals surface area contributed by atoms with Gasteiger partial charge in [-0.1, -0.05) is 18.2 Å². The Morgan fingerprint density at radius 1 is 0.940 bits per heavy atom. The standard InChI is InChI=1S/C33H35ClN8O7S/c1-40-17-23(15-26(40)31(46)36-12-10-30(35)45)38-32(47)27-16-24(18-41(27)2)39-33(48)28-14-22(19-42(28,3)37-20-43)29(44)9-6-21-4-7-25(8-5-21)50(49)13-11-34/h4-9,14-20H,10-13H2,1-3H3,(H5-,35,36,37,38,39,43,45,46,47,48)/p+1. The van der Waals surface area contributed by atoms with Gasteiger partial charge in [0.2, 0.25) is 11.6 Å². The van der Waals surface area contributed by atoms with E-state index in [1.54, 1.807) is 50.6 Å². The van der Waals surface area contributed by atoms with Crippen LogP contribution in [0, 0.1) is 0 Å². The lowest BCUT2D eigenvalue weighted by molar-refractivity contribution is -0.849. The summed E-state index contributed by atoms with van der Waals surface area (Å²) in [4.78, 5) is 75.2. The molecule has 2 atom stereocenters. The molecule has 2 unspecified atom stereocenters. The van der Waals surface area contributed by atoms with Gasteiger partial charge < -0.3 is 30.8 Å². The molecule has 0 aliphatic carbocycles. The van der Waals surface area contributed by atoms with Crippen molar-refractivity contribution in [1.29, 1.82) is 0 Å². The highest BCUT2D eigenvalue weighted by molar-refractivity contribution is 7.85. The zero-order chi connectivity index (χ0) is 36.6. The number of primary amides is 1. The number of halogens is 1. The lowest BCUT2D eigenvalue weighted by atomic mass is 10.1. The normalized spacial score (nSPS) is 15.9. The Morgan fingerprint density at radius 3 is 2.12 bits per heavy atom. The van der Waals surface area contributed by atoms with E-state index in [-0.39, 0.29) is 47.2 Å². The van der Waals surface area contributed by atoms with Crippen molar-refractivity contribution in [1.82, 2.24) is 19.9 Å². The molecule has 3 aromatic rings. The molecule has 0 saturated carbocycles. The maximum Gasteiger partial charge on any atom is 0.312 e. The highest BCUT2D eigenvalue weighted by atomic mass is 35.5. The van der Waals surface area contributed by atoms with Crippen molar-refractivity contribution < 1.29 is 37.6 Å². The maximum atomic E-state index is 13.5. The number of aromatic nitrogens is 2. The third-order valence-corrected chi connectivity index (χ3v) is 9.29. The summed E-state index contributed by atoms with van der Waals surface area (Å²) in [5.41, 5.74) is 9.52. The van der Waals surface area contributed by atoms with E-state index < -0.39 is 44.8 Å². The molecule has 2 aromatic heterocycles. The van der Waals surface area contributed by atoms with Crippen LogP contribution in [0.4, 0.5) is 11.4 Å². The van der Waals surface area contributed by atoms with Gasteiger partial charge in [-0.05, 0) is 35.9 Å². The van der Waals surface area contributed by atoms with Crippen molar-refractivity contribution in [3.8, 4) is 0 Å². The van der Waals surface area contributed by atoms with E-state index >= 15 is 0 Å². The van der Waals surface area contributed by atoms with Gasteiger partial charge >= 0.3 is 5.91 Å². The van der Waals surface area contributed by atoms with Crippen molar-refractivity contribution in [2.24, 2.45) is 19.8 Å². The number of allylic oxidation sites excluding steroid dienone is 3. The monoisotopic (exact) mass is 723 g/mol. The first-order valence-electron chi connectivity index (χ1n) is 15.1. The van der Waals surface area contributed by atoms with Crippen molar-refractivity contribution in [2.45, 2.75) is 11.3 Å². The number of hydrogen-bond donors (Lipinski definition) is 5. The summed E-state index contributed by atoms with van der Waals surface area (Å²) < 4.78 is 14.6. The molecule has 6 N–H and O–H groups in total. The molecule has 0 bridgehead atoms. The summed E-state index contributed by atoms with van der Waals surface area (Å²) in [7, 11) is 3.53. The van der Waals surface area contributed by atoms with Gasteiger partial charge in [0.25, 0.3) is 18.2 Å². The summed E-state index contributed by atoms with van der Waals surface area (Å²) >= 11 is 5.67. The highest BCUT2D eigenvalue weighted by Crippen LogP contribution is 2.27. The smallest absolute Gasteiger partial charge is 0.312 e. The number of amides is 5. The Kier molecular flexibility index (Phi) is 12.1. The number of nitrogens with zero attached hydrogens (tertiary/aromatic N) is 3. The van der Waals surface area contributed by atoms with Gasteiger partial charge in [0.15, 0.2) is 5.78 Å². The van der Waals surface area contributed by atoms with Crippen molar-refractivity contribution in [2.75, 3.05) is 35.9 Å². The zero-order valence-electron chi connectivity index (χ0n) is 27.4. The van der Waals surface area contributed by atoms with Crippen LogP contribution in [0.2, 0.25) is 0 Å². The van der Waals surface area contributed by atoms with Gasteiger partial charge in [-0.15, -0.1) is 11.6 Å². The Balaban J connectivity index is 1.44. The van der Waals surface area contributed by atoms with E-state index in [2.05, 4.69) is 21.4 Å². The van der Waals surface area contributed by atoms with Crippen LogP contribution in [0.15, 0.2) is 83.3 Å². The van der Waals surface area contributed by atoms with Crippen LogP contribution in [-0.4, -0.2) is 79.0 Å². The molecule has 15 nitrogen and oxygen atoms in total. The predicted molar refractivity (Wildman–Crippen MR) is 188 cm³/mol. The Labute approximate surface area is 294 Å². The third kappa shape index (κ3) is 9.10. The first-order chi connectivity index (χ1) is 23.7. The Hall–Kier alpha value is -5.58. The van der Waals surface area contributed by atoms with Gasteiger partial charge in [-0.3, -0.25) is 33.0 Å². The van der Waals surface area contributed by atoms with Crippen LogP contribution in [0.5, 0.6) is 0 Å². The number of aryl methyl sites for hydroxylation is 2. The van der Waals surface area contributed by atoms with Gasteiger partial charge in [0, 0.05) is 62.1 Å². The van der Waals surface area contributed by atoms with Crippen LogP contribution in [0.1, 0.15) is 33.0 Å². The number of hydrogen-bond acceptors (Lipinski definition) is 7.